The maximum Gasteiger partial charge on any atom is 0.262 e. The molecule has 1 aliphatic rings. The first kappa shape index (κ1) is 20.6. The molecule has 148 valence electrons. The van der Waals surface area contributed by atoms with Crippen molar-refractivity contribution in [2.45, 2.75) is 26.1 Å². The summed E-state index contributed by atoms with van der Waals surface area (Å²) in [6.45, 7) is 5.58. The second-order valence-electron chi connectivity index (χ2n) is 6.84. The molecule has 28 heavy (non-hydrogen) atoms. The van der Waals surface area contributed by atoms with Crippen LogP contribution < -0.4 is 10.1 Å². The van der Waals surface area contributed by atoms with Gasteiger partial charge in [-0.2, -0.15) is 0 Å². The Morgan fingerprint density at radius 3 is 2.54 bits per heavy atom. The molecule has 2 atom stereocenters. The Bertz CT molecular complexity index is 834. The van der Waals surface area contributed by atoms with Crippen molar-refractivity contribution in [1.29, 1.82) is 0 Å². The van der Waals surface area contributed by atoms with E-state index in [1.807, 2.05) is 24.3 Å². The minimum absolute atomic E-state index is 0.0885. The molecule has 0 unspecified atom stereocenters. The highest BCUT2D eigenvalue weighted by Crippen LogP contribution is 2.19. The number of morpholine rings is 1. The Morgan fingerprint density at radius 2 is 1.89 bits per heavy atom. The lowest BCUT2D eigenvalue weighted by Gasteiger charge is -2.37. The van der Waals surface area contributed by atoms with E-state index in [1.54, 1.807) is 24.3 Å². The number of ether oxygens (including phenoxy) is 2. The number of amides is 1. The molecular formula is C21H23ClN2O3S. The fourth-order valence-corrected chi connectivity index (χ4v) is 3.61. The molecule has 2 aromatic rings. The van der Waals surface area contributed by atoms with Gasteiger partial charge in [0.25, 0.3) is 5.91 Å². The smallest absolute Gasteiger partial charge is 0.262 e. The molecule has 1 heterocycles. The first-order valence-electron chi connectivity index (χ1n) is 9.13. The molecule has 0 aromatic heterocycles. The molecule has 2 aromatic carbocycles. The predicted octanol–water partition coefficient (Wildman–Crippen LogP) is 4.14. The van der Waals surface area contributed by atoms with Gasteiger partial charge in [0, 0.05) is 29.4 Å². The molecule has 1 N–H and O–H groups in total. The number of thiocarbonyl (C=S) groups is 1. The Labute approximate surface area is 175 Å². The van der Waals surface area contributed by atoms with Gasteiger partial charge < -0.3 is 19.7 Å². The molecule has 0 radical (unpaired) electrons. The van der Waals surface area contributed by atoms with E-state index in [4.69, 9.17) is 33.3 Å². The van der Waals surface area contributed by atoms with Crippen molar-refractivity contribution < 1.29 is 14.3 Å². The number of nitrogens with zero attached hydrogens (tertiary/aromatic N) is 1. The zero-order chi connectivity index (χ0) is 20.1. The summed E-state index contributed by atoms with van der Waals surface area (Å²) >= 11 is 11.5. The van der Waals surface area contributed by atoms with Crippen molar-refractivity contribution in [2.75, 3.05) is 25.0 Å². The summed E-state index contributed by atoms with van der Waals surface area (Å²) in [6.07, 6.45) is 0.310. The highest BCUT2D eigenvalue weighted by molar-refractivity contribution is 7.80. The quantitative estimate of drug-likeness (QED) is 0.739. The van der Waals surface area contributed by atoms with Gasteiger partial charge in [0.1, 0.15) is 10.7 Å². The first-order chi connectivity index (χ1) is 13.4. The fraction of sp³-hybridized carbons (Fsp3) is 0.333. The maximum absolute atomic E-state index is 12.0. The Kier molecular flexibility index (Phi) is 6.88. The molecule has 0 spiro atoms. The second-order valence-corrected chi connectivity index (χ2v) is 7.66. The van der Waals surface area contributed by atoms with E-state index in [-0.39, 0.29) is 24.7 Å². The van der Waals surface area contributed by atoms with Gasteiger partial charge in [-0.05, 0) is 56.3 Å². The summed E-state index contributed by atoms with van der Waals surface area (Å²) in [7, 11) is 0. The van der Waals surface area contributed by atoms with Crippen LogP contribution in [0.15, 0.2) is 48.5 Å². The van der Waals surface area contributed by atoms with Crippen LogP contribution in [0.1, 0.15) is 19.4 Å². The largest absolute Gasteiger partial charge is 0.484 e. The van der Waals surface area contributed by atoms with Gasteiger partial charge in [0.15, 0.2) is 6.61 Å². The number of carbonyl (C=O) groups excluding carboxylic acids is 1. The zero-order valence-electron chi connectivity index (χ0n) is 15.9. The highest BCUT2D eigenvalue weighted by Gasteiger charge is 2.24. The molecule has 1 saturated heterocycles. The van der Waals surface area contributed by atoms with Crippen LogP contribution in [0.25, 0.3) is 0 Å². The number of hydrogen-bond acceptors (Lipinski definition) is 4. The zero-order valence-corrected chi connectivity index (χ0v) is 17.4. The van der Waals surface area contributed by atoms with E-state index < -0.39 is 0 Å². The number of nitrogens with one attached hydrogen (secondary N) is 1. The lowest BCUT2D eigenvalue weighted by Crippen LogP contribution is -2.47. The molecule has 1 aliphatic heterocycles. The normalized spacial score (nSPS) is 19.2. The SMILES string of the molecule is C[C@@H]1CN(C(=S)c2ccc(OCC(=O)Nc3cccc(Cl)c3)cc2)C[C@@H](C)O1. The Hall–Kier alpha value is -2.15. The number of rotatable bonds is 5. The van der Waals surface area contributed by atoms with Gasteiger partial charge in [-0.3, -0.25) is 4.79 Å². The number of carbonyl (C=O) groups is 1. The monoisotopic (exact) mass is 418 g/mol. The fourth-order valence-electron chi connectivity index (χ4n) is 3.13. The van der Waals surface area contributed by atoms with Crippen LogP contribution in [0.5, 0.6) is 5.75 Å². The minimum Gasteiger partial charge on any atom is -0.484 e. The van der Waals surface area contributed by atoms with Crippen LogP contribution in [0.2, 0.25) is 5.02 Å². The summed E-state index contributed by atoms with van der Waals surface area (Å²) in [5.41, 5.74) is 1.59. The maximum atomic E-state index is 12.0. The first-order valence-corrected chi connectivity index (χ1v) is 9.92. The molecule has 0 saturated carbocycles. The molecule has 0 aliphatic carbocycles. The molecule has 3 rings (SSSR count). The lowest BCUT2D eigenvalue weighted by molar-refractivity contribution is -0.118. The standard InChI is InChI=1S/C21H23ClN2O3S/c1-14-11-24(12-15(2)27-14)21(28)16-6-8-19(9-7-16)26-13-20(25)23-18-5-3-4-17(22)10-18/h3-10,14-15H,11-13H2,1-2H3,(H,23,25)/t14-,15-/m1/s1. The van der Waals surface area contributed by atoms with Gasteiger partial charge in [0.2, 0.25) is 0 Å². The molecule has 1 amide bonds. The van der Waals surface area contributed by atoms with E-state index in [0.717, 1.165) is 23.6 Å². The van der Waals surface area contributed by atoms with Crippen LogP contribution in [0, 0.1) is 0 Å². The van der Waals surface area contributed by atoms with Crippen molar-refractivity contribution in [1.82, 2.24) is 4.90 Å². The van der Waals surface area contributed by atoms with Crippen LogP contribution in [-0.2, 0) is 9.53 Å². The second kappa shape index (κ2) is 9.37. The van der Waals surface area contributed by atoms with Crippen molar-refractivity contribution in [3.8, 4) is 5.75 Å². The van der Waals surface area contributed by atoms with E-state index in [0.29, 0.717) is 16.5 Å². The summed E-state index contributed by atoms with van der Waals surface area (Å²) < 4.78 is 11.3. The van der Waals surface area contributed by atoms with E-state index >= 15 is 0 Å². The van der Waals surface area contributed by atoms with Crippen molar-refractivity contribution >= 4 is 40.4 Å². The molecule has 7 heteroatoms. The average molecular weight is 419 g/mol. The van der Waals surface area contributed by atoms with Crippen LogP contribution in [-0.4, -0.2) is 47.7 Å². The van der Waals surface area contributed by atoms with Crippen LogP contribution >= 0.6 is 23.8 Å². The summed E-state index contributed by atoms with van der Waals surface area (Å²) in [5.74, 6) is 0.356. The van der Waals surface area contributed by atoms with Crippen LogP contribution in [0.3, 0.4) is 0 Å². The van der Waals surface area contributed by atoms with Gasteiger partial charge >= 0.3 is 0 Å². The van der Waals surface area contributed by atoms with Gasteiger partial charge in [-0.1, -0.05) is 29.9 Å². The third kappa shape index (κ3) is 5.67. The Balaban J connectivity index is 1.52. The summed E-state index contributed by atoms with van der Waals surface area (Å²) in [6, 6.07) is 14.4. The molecule has 0 bridgehead atoms. The third-order valence-corrected chi connectivity index (χ3v) is 5.02. The van der Waals surface area contributed by atoms with Crippen molar-refractivity contribution in [3.05, 3.63) is 59.1 Å². The molecule has 5 nitrogen and oxygen atoms in total. The predicted molar refractivity (Wildman–Crippen MR) is 115 cm³/mol. The van der Waals surface area contributed by atoms with E-state index in [2.05, 4.69) is 24.1 Å². The van der Waals surface area contributed by atoms with Gasteiger partial charge in [-0.15, -0.1) is 0 Å². The number of benzene rings is 2. The van der Waals surface area contributed by atoms with Crippen molar-refractivity contribution in [3.63, 3.8) is 0 Å². The summed E-state index contributed by atoms with van der Waals surface area (Å²) in [4.78, 5) is 15.0. The number of halogens is 1. The Morgan fingerprint density at radius 1 is 1.21 bits per heavy atom. The average Bonchev–Trinajstić information content (AvgIpc) is 2.65. The lowest BCUT2D eigenvalue weighted by atomic mass is 10.1. The molecular weight excluding hydrogens is 396 g/mol. The number of anilines is 1. The topological polar surface area (TPSA) is 50.8 Å². The summed E-state index contributed by atoms with van der Waals surface area (Å²) in [5, 5.41) is 3.31. The van der Waals surface area contributed by atoms with E-state index in [9.17, 15) is 4.79 Å². The van der Waals surface area contributed by atoms with Gasteiger partial charge in [-0.25, -0.2) is 0 Å². The number of hydrogen-bond donors (Lipinski definition) is 1. The van der Waals surface area contributed by atoms with E-state index in [1.165, 1.54) is 0 Å². The minimum atomic E-state index is -0.252. The highest BCUT2D eigenvalue weighted by atomic mass is 35.5. The van der Waals surface area contributed by atoms with Crippen LogP contribution in [0.4, 0.5) is 5.69 Å². The molecule has 1 fully saturated rings. The third-order valence-electron chi connectivity index (χ3n) is 4.29. The van der Waals surface area contributed by atoms with Gasteiger partial charge in [0.05, 0.1) is 12.2 Å². The van der Waals surface area contributed by atoms with Crippen molar-refractivity contribution in [2.24, 2.45) is 0 Å².